The molecule has 0 unspecified atom stereocenters. The summed E-state index contributed by atoms with van der Waals surface area (Å²) in [6.07, 6.45) is 1.81. The van der Waals surface area contributed by atoms with Crippen LogP contribution in [0, 0.1) is 13.8 Å². The standard InChI is InChI=1S/C37H44N8O4/c1-25-7-6-8-26(2)34(25)44-24-27-23-38-36(40-35(27)45(37(44)46)32-10-9-31(47-4)22-33(32)48-5)39-28-19-29(42-13-11-41(3)12-14-42)21-30(20-28)43-15-17-49-18-16-43/h6-10,19-23H,11-18,24H2,1-5H3,(H,38,39,40). The zero-order valence-electron chi connectivity index (χ0n) is 28.9. The number of nitrogens with one attached hydrogen (secondary N) is 1. The molecule has 256 valence electrons. The summed E-state index contributed by atoms with van der Waals surface area (Å²) in [5.41, 5.74) is 7.42. The Morgan fingerprint density at radius 2 is 1.53 bits per heavy atom. The third kappa shape index (κ3) is 6.53. The molecule has 1 N–H and O–H groups in total. The van der Waals surface area contributed by atoms with E-state index in [2.05, 4.69) is 45.3 Å². The second-order valence-corrected chi connectivity index (χ2v) is 12.8. The van der Waals surface area contributed by atoms with Crippen LogP contribution < -0.4 is 34.4 Å². The van der Waals surface area contributed by atoms with Crippen LogP contribution in [0.5, 0.6) is 11.5 Å². The van der Waals surface area contributed by atoms with Crippen molar-refractivity contribution >= 4 is 46.2 Å². The molecular weight excluding hydrogens is 620 g/mol. The Morgan fingerprint density at radius 3 is 2.20 bits per heavy atom. The molecule has 2 saturated heterocycles. The van der Waals surface area contributed by atoms with Gasteiger partial charge in [0.25, 0.3) is 0 Å². The molecule has 0 aliphatic carbocycles. The third-order valence-corrected chi connectivity index (χ3v) is 9.54. The van der Waals surface area contributed by atoms with Gasteiger partial charge in [-0.1, -0.05) is 18.2 Å². The highest BCUT2D eigenvalue weighted by molar-refractivity contribution is 6.11. The van der Waals surface area contributed by atoms with Gasteiger partial charge in [-0.3, -0.25) is 4.90 Å². The maximum Gasteiger partial charge on any atom is 0.335 e. The number of para-hydroxylation sites is 1. The van der Waals surface area contributed by atoms with Crippen LogP contribution in [0.15, 0.2) is 60.8 Å². The Labute approximate surface area is 287 Å². The van der Waals surface area contributed by atoms with Crippen molar-refractivity contribution < 1.29 is 19.0 Å². The number of urea groups is 1. The Bertz CT molecular complexity index is 1820. The van der Waals surface area contributed by atoms with E-state index in [0.717, 1.165) is 78.7 Å². The summed E-state index contributed by atoms with van der Waals surface area (Å²) in [6.45, 7) is 11.4. The fourth-order valence-corrected chi connectivity index (χ4v) is 6.85. The van der Waals surface area contributed by atoms with Crippen LogP contribution in [0.3, 0.4) is 0 Å². The summed E-state index contributed by atoms with van der Waals surface area (Å²) in [7, 11) is 5.36. The quantitative estimate of drug-likeness (QED) is 0.252. The molecule has 0 bridgehead atoms. The fourth-order valence-electron chi connectivity index (χ4n) is 6.85. The Hall–Kier alpha value is -5.07. The highest BCUT2D eigenvalue weighted by Gasteiger charge is 2.37. The topological polar surface area (TPSA) is 98.8 Å². The molecule has 0 saturated carbocycles. The van der Waals surface area contributed by atoms with Crippen LogP contribution in [-0.2, 0) is 11.3 Å². The number of carbonyl (C=O) groups excluding carboxylic acids is 1. The molecule has 4 aromatic rings. The van der Waals surface area contributed by atoms with Gasteiger partial charge >= 0.3 is 6.03 Å². The molecule has 3 aliphatic rings. The van der Waals surface area contributed by atoms with E-state index in [-0.39, 0.29) is 6.03 Å². The van der Waals surface area contributed by atoms with Gasteiger partial charge < -0.3 is 34.2 Å². The number of likely N-dealkylation sites (N-methyl/N-ethyl adjacent to an activating group) is 1. The van der Waals surface area contributed by atoms with E-state index in [9.17, 15) is 4.79 Å². The highest BCUT2D eigenvalue weighted by atomic mass is 16.5. The first-order valence-electron chi connectivity index (χ1n) is 16.8. The van der Waals surface area contributed by atoms with E-state index in [1.807, 2.05) is 50.4 Å². The zero-order chi connectivity index (χ0) is 34.1. The monoisotopic (exact) mass is 664 g/mol. The number of anilines is 7. The number of aromatic nitrogens is 2. The van der Waals surface area contributed by atoms with Crippen molar-refractivity contribution in [2.75, 3.05) is 98.7 Å². The predicted octanol–water partition coefficient (Wildman–Crippen LogP) is 5.72. The van der Waals surface area contributed by atoms with Crippen LogP contribution in [-0.4, -0.2) is 94.6 Å². The number of ether oxygens (including phenoxy) is 3. The van der Waals surface area contributed by atoms with Crippen LogP contribution in [0.4, 0.5) is 45.0 Å². The molecule has 12 heteroatoms. The second kappa shape index (κ2) is 13.8. The van der Waals surface area contributed by atoms with E-state index >= 15 is 0 Å². The summed E-state index contributed by atoms with van der Waals surface area (Å²) in [6, 6.07) is 17.8. The third-order valence-electron chi connectivity index (χ3n) is 9.54. The van der Waals surface area contributed by atoms with Crippen molar-refractivity contribution in [1.82, 2.24) is 14.9 Å². The van der Waals surface area contributed by atoms with Gasteiger partial charge in [-0.15, -0.1) is 0 Å². The maximum atomic E-state index is 14.6. The Balaban J connectivity index is 1.29. The number of hydrogen-bond acceptors (Lipinski definition) is 10. The first-order chi connectivity index (χ1) is 23.8. The predicted molar refractivity (Wildman–Crippen MR) is 194 cm³/mol. The molecule has 0 radical (unpaired) electrons. The molecule has 49 heavy (non-hydrogen) atoms. The smallest absolute Gasteiger partial charge is 0.335 e. The van der Waals surface area contributed by atoms with Gasteiger partial charge in [0.1, 0.15) is 11.5 Å². The lowest BCUT2D eigenvalue weighted by Gasteiger charge is -2.37. The number of rotatable bonds is 8. The minimum absolute atomic E-state index is 0.232. The second-order valence-electron chi connectivity index (χ2n) is 12.8. The lowest BCUT2D eigenvalue weighted by molar-refractivity contribution is 0.122. The maximum absolute atomic E-state index is 14.6. The average Bonchev–Trinajstić information content (AvgIpc) is 3.12. The first kappa shape index (κ1) is 32.5. The number of carbonyl (C=O) groups is 1. The van der Waals surface area contributed by atoms with Gasteiger partial charge in [0.15, 0.2) is 5.82 Å². The van der Waals surface area contributed by atoms with E-state index < -0.39 is 0 Å². The van der Waals surface area contributed by atoms with Crippen molar-refractivity contribution in [1.29, 1.82) is 0 Å². The lowest BCUT2D eigenvalue weighted by Crippen LogP contribution is -2.46. The van der Waals surface area contributed by atoms with Gasteiger partial charge in [0, 0.05) is 74.2 Å². The minimum atomic E-state index is -0.232. The van der Waals surface area contributed by atoms with Gasteiger partial charge in [-0.05, 0) is 62.4 Å². The molecule has 4 heterocycles. The highest BCUT2D eigenvalue weighted by Crippen LogP contribution is 2.43. The van der Waals surface area contributed by atoms with Crippen molar-refractivity contribution in [3.05, 3.63) is 77.5 Å². The molecule has 12 nitrogen and oxygen atoms in total. The van der Waals surface area contributed by atoms with Crippen molar-refractivity contribution in [2.24, 2.45) is 0 Å². The van der Waals surface area contributed by atoms with E-state index in [4.69, 9.17) is 24.2 Å². The molecule has 1 aromatic heterocycles. The van der Waals surface area contributed by atoms with Crippen LogP contribution >= 0.6 is 0 Å². The molecule has 2 amide bonds. The average molecular weight is 665 g/mol. The molecule has 3 aliphatic heterocycles. The van der Waals surface area contributed by atoms with Crippen molar-refractivity contribution in [2.45, 2.75) is 20.4 Å². The summed E-state index contributed by atoms with van der Waals surface area (Å²) >= 11 is 0. The number of morpholine rings is 1. The fraction of sp³-hybridized carbons (Fsp3) is 0.378. The number of amides is 2. The molecule has 7 rings (SSSR count). The van der Waals surface area contributed by atoms with Crippen molar-refractivity contribution in [3.63, 3.8) is 0 Å². The summed E-state index contributed by atoms with van der Waals surface area (Å²) in [4.78, 5) is 35.0. The minimum Gasteiger partial charge on any atom is -0.497 e. The van der Waals surface area contributed by atoms with Crippen LogP contribution in [0.2, 0.25) is 0 Å². The van der Waals surface area contributed by atoms with Crippen molar-refractivity contribution in [3.8, 4) is 11.5 Å². The normalized spacial score (nSPS) is 16.9. The SMILES string of the molecule is COc1ccc(N2C(=O)N(c3c(C)cccc3C)Cc3cnc(Nc4cc(N5CCOCC5)cc(N5CCN(C)CC5)c4)nc32)c(OC)c1. The number of hydrogen-bond donors (Lipinski definition) is 1. The van der Waals surface area contributed by atoms with Crippen LogP contribution in [0.25, 0.3) is 0 Å². The first-order valence-corrected chi connectivity index (χ1v) is 16.8. The Kier molecular flexibility index (Phi) is 9.15. The van der Waals surface area contributed by atoms with Gasteiger partial charge in [0.05, 0.1) is 45.4 Å². The largest absolute Gasteiger partial charge is 0.497 e. The summed E-state index contributed by atoms with van der Waals surface area (Å²) < 4.78 is 16.9. The number of piperazine rings is 1. The number of methoxy groups -OCH3 is 2. The van der Waals surface area contributed by atoms with Gasteiger partial charge in [0.2, 0.25) is 5.95 Å². The molecule has 3 aromatic carbocycles. The lowest BCUT2D eigenvalue weighted by atomic mass is 10.1. The number of nitrogens with zero attached hydrogens (tertiary/aromatic N) is 7. The molecule has 0 atom stereocenters. The number of fused-ring (bicyclic) bond motifs is 1. The molecular formula is C37H44N8O4. The molecule has 0 spiro atoms. The Morgan fingerprint density at radius 1 is 0.837 bits per heavy atom. The van der Waals surface area contributed by atoms with E-state index in [0.29, 0.717) is 48.7 Å². The van der Waals surface area contributed by atoms with E-state index in [1.54, 1.807) is 30.1 Å². The number of aryl methyl sites for hydroxylation is 2. The zero-order valence-corrected chi connectivity index (χ0v) is 28.9. The van der Waals surface area contributed by atoms with Gasteiger partial charge in [-0.25, -0.2) is 14.7 Å². The summed E-state index contributed by atoms with van der Waals surface area (Å²) in [5.74, 6) is 2.01. The van der Waals surface area contributed by atoms with Gasteiger partial charge in [-0.2, -0.15) is 4.98 Å². The van der Waals surface area contributed by atoms with E-state index in [1.165, 1.54) is 0 Å². The van der Waals surface area contributed by atoms with Crippen LogP contribution in [0.1, 0.15) is 16.7 Å². The number of benzene rings is 3. The molecule has 2 fully saturated rings. The summed E-state index contributed by atoms with van der Waals surface area (Å²) in [5, 5.41) is 3.50.